The molecule has 0 bridgehead atoms. The summed E-state index contributed by atoms with van der Waals surface area (Å²) in [6.45, 7) is 6.70. The van der Waals surface area contributed by atoms with Gasteiger partial charge in [0.15, 0.2) is 0 Å². The number of likely N-dealkylation sites (N-methyl/N-ethyl adjacent to an activating group) is 1. The van der Waals surface area contributed by atoms with Gasteiger partial charge < -0.3 is 11.1 Å². The predicted molar refractivity (Wildman–Crippen MR) is 79.9 cm³/mol. The van der Waals surface area contributed by atoms with Crippen molar-refractivity contribution < 1.29 is 4.79 Å². The zero-order chi connectivity index (χ0) is 14.3. The van der Waals surface area contributed by atoms with E-state index < -0.39 is 0 Å². The topological polar surface area (TPSA) is 58.4 Å². The Morgan fingerprint density at radius 1 is 1.37 bits per heavy atom. The molecule has 1 saturated carbocycles. The van der Waals surface area contributed by atoms with Gasteiger partial charge in [0, 0.05) is 13.1 Å². The van der Waals surface area contributed by atoms with Gasteiger partial charge in [-0.2, -0.15) is 0 Å². The van der Waals surface area contributed by atoms with Crippen LogP contribution in [0, 0.1) is 11.8 Å². The summed E-state index contributed by atoms with van der Waals surface area (Å²) in [6, 6.07) is 0.487. The lowest BCUT2D eigenvalue weighted by atomic mass is 9.76. The number of amides is 1. The zero-order valence-corrected chi connectivity index (χ0v) is 12.8. The second kappa shape index (κ2) is 8.54. The molecular formula is C15H31N3O. The van der Waals surface area contributed by atoms with Gasteiger partial charge in [0.1, 0.15) is 0 Å². The lowest BCUT2D eigenvalue weighted by molar-refractivity contribution is -0.123. The minimum absolute atomic E-state index is 0.114. The Balaban J connectivity index is 2.73. The van der Waals surface area contributed by atoms with Crippen LogP contribution in [0.3, 0.4) is 0 Å². The number of hydrogen-bond acceptors (Lipinski definition) is 3. The molecule has 4 nitrogen and oxygen atoms in total. The van der Waals surface area contributed by atoms with Crippen molar-refractivity contribution in [3.8, 4) is 0 Å². The third-order valence-electron chi connectivity index (χ3n) is 4.55. The van der Waals surface area contributed by atoms with Crippen LogP contribution in [-0.4, -0.2) is 43.5 Å². The Labute approximate surface area is 118 Å². The number of nitrogens with one attached hydrogen (secondary N) is 1. The molecule has 1 rings (SSSR count). The number of rotatable bonds is 7. The largest absolute Gasteiger partial charge is 0.358 e. The number of carbonyl (C=O) groups is 1. The molecule has 1 fully saturated rings. The predicted octanol–water partition coefficient (Wildman–Crippen LogP) is 1.60. The first-order chi connectivity index (χ1) is 9.15. The van der Waals surface area contributed by atoms with Gasteiger partial charge in [0.05, 0.1) is 6.54 Å². The van der Waals surface area contributed by atoms with E-state index in [2.05, 4.69) is 24.1 Å². The highest BCUT2D eigenvalue weighted by Crippen LogP contribution is 2.33. The fourth-order valence-electron chi connectivity index (χ4n) is 3.30. The van der Waals surface area contributed by atoms with E-state index in [0.717, 1.165) is 25.4 Å². The Morgan fingerprint density at radius 2 is 2.11 bits per heavy atom. The summed E-state index contributed by atoms with van der Waals surface area (Å²) < 4.78 is 0. The maximum Gasteiger partial charge on any atom is 0.233 e. The molecule has 1 aliphatic carbocycles. The van der Waals surface area contributed by atoms with Crippen molar-refractivity contribution in [1.82, 2.24) is 10.2 Å². The molecule has 1 aliphatic rings. The quantitative estimate of drug-likeness (QED) is 0.738. The molecule has 3 N–H and O–H groups in total. The van der Waals surface area contributed by atoms with Crippen molar-refractivity contribution in [2.45, 2.75) is 52.0 Å². The normalized spacial score (nSPS) is 27.5. The van der Waals surface area contributed by atoms with Crippen LogP contribution in [0.4, 0.5) is 0 Å². The third-order valence-corrected chi connectivity index (χ3v) is 4.55. The molecule has 112 valence electrons. The lowest BCUT2D eigenvalue weighted by Gasteiger charge is -2.42. The Morgan fingerprint density at radius 3 is 2.63 bits per heavy atom. The summed E-state index contributed by atoms with van der Waals surface area (Å²) in [4.78, 5) is 14.1. The Bertz CT molecular complexity index is 270. The van der Waals surface area contributed by atoms with Crippen LogP contribution in [-0.2, 0) is 4.79 Å². The van der Waals surface area contributed by atoms with Crippen molar-refractivity contribution >= 4 is 5.91 Å². The number of nitrogens with zero attached hydrogens (tertiary/aromatic N) is 1. The number of nitrogens with two attached hydrogens (primary N) is 1. The van der Waals surface area contributed by atoms with E-state index in [1.54, 1.807) is 7.05 Å². The smallest absolute Gasteiger partial charge is 0.233 e. The zero-order valence-electron chi connectivity index (χ0n) is 12.8. The molecule has 0 aromatic rings. The summed E-state index contributed by atoms with van der Waals surface area (Å²) in [5, 5.41) is 2.74. The van der Waals surface area contributed by atoms with Crippen molar-refractivity contribution in [3.63, 3.8) is 0 Å². The van der Waals surface area contributed by atoms with Gasteiger partial charge in [-0.05, 0) is 44.2 Å². The molecule has 1 amide bonds. The summed E-state index contributed by atoms with van der Waals surface area (Å²) >= 11 is 0. The van der Waals surface area contributed by atoms with E-state index in [0.29, 0.717) is 18.5 Å². The van der Waals surface area contributed by atoms with Gasteiger partial charge >= 0.3 is 0 Å². The summed E-state index contributed by atoms with van der Waals surface area (Å²) in [7, 11) is 1.71. The molecule has 4 heteroatoms. The van der Waals surface area contributed by atoms with Crippen LogP contribution in [0.1, 0.15) is 46.0 Å². The van der Waals surface area contributed by atoms with Crippen molar-refractivity contribution in [1.29, 1.82) is 0 Å². The SMILES string of the molecule is CCCN(CC(=O)NC)C1CC(CC)CCC1CN. The maximum atomic E-state index is 11.7. The van der Waals surface area contributed by atoms with Gasteiger partial charge in [-0.15, -0.1) is 0 Å². The average Bonchev–Trinajstić information content (AvgIpc) is 2.45. The first kappa shape index (κ1) is 16.4. The minimum Gasteiger partial charge on any atom is -0.358 e. The van der Waals surface area contributed by atoms with E-state index >= 15 is 0 Å². The standard InChI is InChI=1S/C15H31N3O/c1-4-8-18(11-15(19)17-3)14-9-12(5-2)6-7-13(14)10-16/h12-14H,4-11,16H2,1-3H3,(H,17,19). The highest BCUT2D eigenvalue weighted by atomic mass is 16.1. The van der Waals surface area contributed by atoms with E-state index in [1.165, 1.54) is 25.7 Å². The Hall–Kier alpha value is -0.610. The summed E-state index contributed by atoms with van der Waals surface area (Å²) in [6.07, 6.45) is 6.05. The van der Waals surface area contributed by atoms with Gasteiger partial charge in [0.2, 0.25) is 5.91 Å². The molecule has 3 atom stereocenters. The van der Waals surface area contributed by atoms with Crippen molar-refractivity contribution in [2.24, 2.45) is 17.6 Å². The highest BCUT2D eigenvalue weighted by molar-refractivity contribution is 5.77. The van der Waals surface area contributed by atoms with Crippen molar-refractivity contribution in [2.75, 3.05) is 26.7 Å². The second-order valence-electron chi connectivity index (χ2n) is 5.79. The first-order valence-electron chi connectivity index (χ1n) is 7.80. The molecule has 3 unspecified atom stereocenters. The molecular weight excluding hydrogens is 238 g/mol. The van der Waals surface area contributed by atoms with Crippen LogP contribution >= 0.6 is 0 Å². The molecule has 19 heavy (non-hydrogen) atoms. The summed E-state index contributed by atoms with van der Waals surface area (Å²) in [5.41, 5.74) is 5.95. The van der Waals surface area contributed by atoms with Gasteiger partial charge in [-0.3, -0.25) is 9.69 Å². The van der Waals surface area contributed by atoms with E-state index in [4.69, 9.17) is 5.73 Å². The van der Waals surface area contributed by atoms with E-state index in [-0.39, 0.29) is 5.91 Å². The van der Waals surface area contributed by atoms with Crippen molar-refractivity contribution in [3.05, 3.63) is 0 Å². The van der Waals surface area contributed by atoms with E-state index in [1.807, 2.05) is 0 Å². The molecule has 0 spiro atoms. The highest BCUT2D eigenvalue weighted by Gasteiger charge is 2.33. The average molecular weight is 269 g/mol. The first-order valence-corrected chi connectivity index (χ1v) is 7.80. The van der Waals surface area contributed by atoms with Crippen LogP contribution < -0.4 is 11.1 Å². The molecule has 0 aliphatic heterocycles. The van der Waals surface area contributed by atoms with Gasteiger partial charge in [-0.25, -0.2) is 0 Å². The lowest BCUT2D eigenvalue weighted by Crippen LogP contribution is -2.50. The van der Waals surface area contributed by atoms with Gasteiger partial charge in [-0.1, -0.05) is 26.7 Å². The minimum atomic E-state index is 0.114. The van der Waals surface area contributed by atoms with E-state index in [9.17, 15) is 4.79 Å². The second-order valence-corrected chi connectivity index (χ2v) is 5.79. The van der Waals surface area contributed by atoms with Crippen LogP contribution in [0.2, 0.25) is 0 Å². The monoisotopic (exact) mass is 269 g/mol. The van der Waals surface area contributed by atoms with Crippen LogP contribution in [0.25, 0.3) is 0 Å². The van der Waals surface area contributed by atoms with Crippen LogP contribution in [0.15, 0.2) is 0 Å². The van der Waals surface area contributed by atoms with Crippen LogP contribution in [0.5, 0.6) is 0 Å². The number of carbonyl (C=O) groups excluding carboxylic acids is 1. The Kier molecular flexibility index (Phi) is 7.39. The maximum absolute atomic E-state index is 11.7. The van der Waals surface area contributed by atoms with Gasteiger partial charge in [0.25, 0.3) is 0 Å². The molecule has 0 aromatic carbocycles. The molecule has 0 aromatic heterocycles. The molecule has 0 heterocycles. The molecule has 0 radical (unpaired) electrons. The fraction of sp³-hybridized carbons (Fsp3) is 0.933. The molecule has 0 saturated heterocycles. The number of hydrogen-bond donors (Lipinski definition) is 2. The third kappa shape index (κ3) is 4.77. The summed E-state index contributed by atoms with van der Waals surface area (Å²) in [5.74, 6) is 1.47. The fourth-order valence-corrected chi connectivity index (χ4v) is 3.30.